The van der Waals surface area contributed by atoms with Crippen molar-refractivity contribution in [3.05, 3.63) is 29.8 Å². The molecule has 1 aromatic rings. The summed E-state index contributed by atoms with van der Waals surface area (Å²) in [4.78, 5) is 3.83. The molecule has 0 spiro atoms. The van der Waals surface area contributed by atoms with Crippen molar-refractivity contribution in [2.24, 2.45) is 5.41 Å². The Morgan fingerprint density at radius 1 is 1.23 bits per heavy atom. The quantitative estimate of drug-likeness (QED) is 0.777. The Morgan fingerprint density at radius 3 is 2.32 bits per heavy atom. The highest BCUT2D eigenvalue weighted by Crippen LogP contribution is 2.38. The molecule has 5 heteroatoms. The zero-order valence-electron chi connectivity index (χ0n) is 13.8. The molecule has 1 aromatic carbocycles. The number of hydrogen-bond donors (Lipinski definition) is 2. The molecule has 1 atom stereocenters. The SMILES string of the molecule is CCSc1ccc([C@@H](N2CCNCC2)C(C)(C)CO)cc1.Cl. The second kappa shape index (κ2) is 9.14. The Hall–Kier alpha value is -0.260. The predicted octanol–water partition coefficient (Wildman–Crippen LogP) is 3.19. The minimum atomic E-state index is -0.142. The number of aliphatic hydroxyl groups is 1. The fourth-order valence-corrected chi connectivity index (χ4v) is 3.76. The molecule has 2 rings (SSSR count). The van der Waals surface area contributed by atoms with Gasteiger partial charge in [-0.15, -0.1) is 24.2 Å². The summed E-state index contributed by atoms with van der Waals surface area (Å²) < 4.78 is 0. The summed E-state index contributed by atoms with van der Waals surface area (Å²) in [6, 6.07) is 9.17. The Balaban J connectivity index is 0.00000242. The monoisotopic (exact) mass is 344 g/mol. The van der Waals surface area contributed by atoms with Crippen molar-refractivity contribution in [1.82, 2.24) is 10.2 Å². The van der Waals surface area contributed by atoms with Crippen LogP contribution in [0.3, 0.4) is 0 Å². The zero-order valence-corrected chi connectivity index (χ0v) is 15.5. The van der Waals surface area contributed by atoms with E-state index < -0.39 is 0 Å². The summed E-state index contributed by atoms with van der Waals surface area (Å²) in [6.45, 7) is 10.8. The van der Waals surface area contributed by atoms with Gasteiger partial charge >= 0.3 is 0 Å². The second-order valence-corrected chi connectivity index (χ2v) is 7.67. The van der Waals surface area contributed by atoms with E-state index in [-0.39, 0.29) is 30.5 Å². The van der Waals surface area contributed by atoms with Crippen LogP contribution in [0.4, 0.5) is 0 Å². The van der Waals surface area contributed by atoms with E-state index in [0.717, 1.165) is 31.9 Å². The van der Waals surface area contributed by atoms with Crippen LogP contribution in [0.25, 0.3) is 0 Å². The molecule has 2 N–H and O–H groups in total. The molecule has 0 unspecified atom stereocenters. The van der Waals surface area contributed by atoms with E-state index in [2.05, 4.69) is 55.3 Å². The summed E-state index contributed by atoms with van der Waals surface area (Å²) in [6.07, 6.45) is 0. The van der Waals surface area contributed by atoms with Gasteiger partial charge in [0.25, 0.3) is 0 Å². The molecule has 1 heterocycles. The number of benzene rings is 1. The van der Waals surface area contributed by atoms with Gasteiger partial charge in [0, 0.05) is 49.1 Å². The Morgan fingerprint density at radius 2 is 1.82 bits per heavy atom. The molecule has 0 saturated carbocycles. The maximum atomic E-state index is 9.85. The first kappa shape index (κ1) is 19.8. The van der Waals surface area contributed by atoms with E-state index in [1.807, 2.05) is 11.8 Å². The summed E-state index contributed by atoms with van der Waals surface area (Å²) in [5, 5.41) is 13.3. The molecule has 1 fully saturated rings. The van der Waals surface area contributed by atoms with E-state index >= 15 is 0 Å². The van der Waals surface area contributed by atoms with Gasteiger partial charge in [0.2, 0.25) is 0 Å². The largest absolute Gasteiger partial charge is 0.396 e. The number of rotatable bonds is 6. The number of thioether (sulfide) groups is 1. The normalized spacial score (nSPS) is 17.8. The third kappa shape index (κ3) is 4.87. The third-order valence-electron chi connectivity index (χ3n) is 4.17. The average molecular weight is 345 g/mol. The first-order chi connectivity index (χ1) is 10.1. The van der Waals surface area contributed by atoms with Crippen LogP contribution in [0.15, 0.2) is 29.2 Å². The number of aliphatic hydroxyl groups excluding tert-OH is 1. The van der Waals surface area contributed by atoms with Crippen LogP contribution in [0, 0.1) is 5.41 Å². The topological polar surface area (TPSA) is 35.5 Å². The standard InChI is InChI=1S/C17H28N2OS.ClH/c1-4-21-15-7-5-14(6-8-15)16(17(2,3)13-20)19-11-9-18-10-12-19;/h5-8,16,18,20H,4,9-13H2,1-3H3;1H/t16-;/m1./s1. The summed E-state index contributed by atoms with van der Waals surface area (Å²) >= 11 is 1.87. The van der Waals surface area contributed by atoms with Gasteiger partial charge in [-0.25, -0.2) is 0 Å². The van der Waals surface area contributed by atoms with Gasteiger partial charge in [0.15, 0.2) is 0 Å². The predicted molar refractivity (Wildman–Crippen MR) is 98.1 cm³/mol. The molecule has 22 heavy (non-hydrogen) atoms. The molecule has 0 bridgehead atoms. The summed E-state index contributed by atoms with van der Waals surface area (Å²) in [5.74, 6) is 1.10. The number of nitrogens with one attached hydrogen (secondary N) is 1. The smallest absolute Gasteiger partial charge is 0.0500 e. The zero-order chi connectivity index (χ0) is 15.3. The van der Waals surface area contributed by atoms with Crippen molar-refractivity contribution >= 4 is 24.2 Å². The lowest BCUT2D eigenvalue weighted by molar-refractivity contribution is 0.0305. The molecule has 0 aromatic heterocycles. The number of nitrogens with zero attached hydrogens (tertiary/aromatic N) is 1. The number of halogens is 1. The second-order valence-electron chi connectivity index (χ2n) is 6.34. The minimum absolute atomic E-state index is 0. The lowest BCUT2D eigenvalue weighted by atomic mass is 9.80. The Bertz CT molecular complexity index is 433. The fourth-order valence-electron chi connectivity index (χ4n) is 3.10. The van der Waals surface area contributed by atoms with Crippen LogP contribution >= 0.6 is 24.2 Å². The van der Waals surface area contributed by atoms with Gasteiger partial charge < -0.3 is 10.4 Å². The fraction of sp³-hybridized carbons (Fsp3) is 0.647. The molecule has 126 valence electrons. The average Bonchev–Trinajstić information content (AvgIpc) is 2.50. The van der Waals surface area contributed by atoms with E-state index in [0.29, 0.717) is 0 Å². The Labute approximate surface area is 145 Å². The summed E-state index contributed by atoms with van der Waals surface area (Å²) in [5.41, 5.74) is 1.17. The number of piperazine rings is 1. The van der Waals surface area contributed by atoms with Gasteiger partial charge in [-0.2, -0.15) is 0 Å². The Kier molecular flexibility index (Phi) is 8.22. The van der Waals surface area contributed by atoms with E-state index in [9.17, 15) is 5.11 Å². The van der Waals surface area contributed by atoms with Crippen LogP contribution in [0.2, 0.25) is 0 Å². The number of hydrogen-bond acceptors (Lipinski definition) is 4. The highest BCUT2D eigenvalue weighted by atomic mass is 35.5. The molecular weight excluding hydrogens is 316 g/mol. The molecular formula is C17H29ClN2OS. The highest BCUT2D eigenvalue weighted by Gasteiger charge is 2.35. The van der Waals surface area contributed by atoms with Crippen molar-refractivity contribution in [3.8, 4) is 0 Å². The lowest BCUT2D eigenvalue weighted by Crippen LogP contribution is -2.49. The van der Waals surface area contributed by atoms with Crippen LogP contribution in [-0.4, -0.2) is 48.5 Å². The van der Waals surface area contributed by atoms with Crippen molar-refractivity contribution in [3.63, 3.8) is 0 Å². The van der Waals surface area contributed by atoms with Crippen molar-refractivity contribution < 1.29 is 5.11 Å². The van der Waals surface area contributed by atoms with Crippen molar-refractivity contribution in [2.75, 3.05) is 38.5 Å². The van der Waals surface area contributed by atoms with Crippen LogP contribution < -0.4 is 5.32 Å². The van der Waals surface area contributed by atoms with Gasteiger partial charge in [-0.3, -0.25) is 4.90 Å². The van der Waals surface area contributed by atoms with E-state index in [4.69, 9.17) is 0 Å². The molecule has 0 aliphatic carbocycles. The molecule has 1 aliphatic heterocycles. The maximum Gasteiger partial charge on any atom is 0.0500 e. The first-order valence-electron chi connectivity index (χ1n) is 7.87. The van der Waals surface area contributed by atoms with Crippen LogP contribution in [-0.2, 0) is 0 Å². The molecule has 1 saturated heterocycles. The highest BCUT2D eigenvalue weighted by molar-refractivity contribution is 7.99. The maximum absolute atomic E-state index is 9.85. The first-order valence-corrected chi connectivity index (χ1v) is 8.85. The summed E-state index contributed by atoms with van der Waals surface area (Å²) in [7, 11) is 0. The van der Waals surface area contributed by atoms with Gasteiger partial charge in [0.1, 0.15) is 0 Å². The molecule has 3 nitrogen and oxygen atoms in total. The van der Waals surface area contributed by atoms with Gasteiger partial charge in [-0.05, 0) is 23.4 Å². The van der Waals surface area contributed by atoms with E-state index in [1.165, 1.54) is 10.5 Å². The molecule has 0 amide bonds. The molecule has 0 radical (unpaired) electrons. The van der Waals surface area contributed by atoms with Gasteiger partial charge in [0.05, 0.1) is 0 Å². The minimum Gasteiger partial charge on any atom is -0.396 e. The molecule has 1 aliphatic rings. The van der Waals surface area contributed by atoms with Crippen molar-refractivity contribution in [2.45, 2.75) is 31.7 Å². The van der Waals surface area contributed by atoms with Crippen LogP contribution in [0.5, 0.6) is 0 Å². The third-order valence-corrected chi connectivity index (χ3v) is 5.07. The van der Waals surface area contributed by atoms with Crippen LogP contribution in [0.1, 0.15) is 32.4 Å². The van der Waals surface area contributed by atoms with E-state index in [1.54, 1.807) is 0 Å². The lowest BCUT2D eigenvalue weighted by Gasteiger charge is -2.43. The van der Waals surface area contributed by atoms with Gasteiger partial charge in [-0.1, -0.05) is 32.9 Å². The van der Waals surface area contributed by atoms with Crippen molar-refractivity contribution in [1.29, 1.82) is 0 Å².